The van der Waals surface area contributed by atoms with E-state index in [0.29, 0.717) is 10.0 Å². The summed E-state index contributed by atoms with van der Waals surface area (Å²) in [6.45, 7) is 1.88. The molecule has 0 atom stereocenters. The monoisotopic (exact) mass is 301 g/mol. The molecule has 1 aromatic carbocycles. The van der Waals surface area contributed by atoms with E-state index in [1.54, 1.807) is 12.1 Å². The van der Waals surface area contributed by atoms with E-state index in [-0.39, 0.29) is 0 Å². The Labute approximate surface area is 125 Å². The highest BCUT2D eigenvalue weighted by atomic mass is 35.5. The van der Waals surface area contributed by atoms with Crippen LogP contribution >= 0.6 is 23.2 Å². The molecule has 1 aliphatic rings. The minimum Gasteiger partial charge on any atom is -0.492 e. The fourth-order valence-electron chi connectivity index (χ4n) is 1.95. The third-order valence-corrected chi connectivity index (χ3v) is 3.76. The second-order valence-corrected chi connectivity index (χ2v) is 5.91. The molecule has 0 heterocycles. The number of unbranched alkanes of at least 4 members (excludes halogenated alkanes) is 3. The summed E-state index contributed by atoms with van der Waals surface area (Å²) in [7, 11) is 0. The van der Waals surface area contributed by atoms with Gasteiger partial charge in [0.25, 0.3) is 0 Å². The molecule has 1 fully saturated rings. The smallest absolute Gasteiger partial charge is 0.137 e. The lowest BCUT2D eigenvalue weighted by Crippen LogP contribution is -2.17. The molecule has 0 unspecified atom stereocenters. The van der Waals surface area contributed by atoms with Crippen molar-refractivity contribution >= 4 is 23.2 Å². The molecule has 0 amide bonds. The van der Waals surface area contributed by atoms with Crippen LogP contribution in [-0.4, -0.2) is 19.2 Å². The van der Waals surface area contributed by atoms with E-state index in [9.17, 15) is 0 Å². The summed E-state index contributed by atoms with van der Waals surface area (Å²) in [6.07, 6.45) is 7.54. The molecule has 106 valence electrons. The minimum atomic E-state index is 0.584. The van der Waals surface area contributed by atoms with Crippen LogP contribution in [0.5, 0.6) is 5.75 Å². The summed E-state index contributed by atoms with van der Waals surface area (Å²) in [4.78, 5) is 0. The van der Waals surface area contributed by atoms with Gasteiger partial charge in [-0.25, -0.2) is 0 Å². The first-order chi connectivity index (χ1) is 9.25. The lowest BCUT2D eigenvalue weighted by molar-refractivity contribution is 0.304. The number of ether oxygens (including phenoxy) is 1. The van der Waals surface area contributed by atoms with Crippen LogP contribution in [0.2, 0.25) is 10.0 Å². The number of rotatable bonds is 9. The van der Waals surface area contributed by atoms with Gasteiger partial charge in [-0.05, 0) is 50.4 Å². The first-order valence-corrected chi connectivity index (χ1v) is 7.82. The highest BCUT2D eigenvalue weighted by Crippen LogP contribution is 2.27. The lowest BCUT2D eigenvalue weighted by Gasteiger charge is -2.08. The molecule has 0 aromatic heterocycles. The van der Waals surface area contributed by atoms with Crippen LogP contribution in [0.25, 0.3) is 0 Å². The third-order valence-electron chi connectivity index (χ3n) is 3.23. The van der Waals surface area contributed by atoms with Crippen molar-refractivity contribution in [3.05, 3.63) is 28.2 Å². The van der Waals surface area contributed by atoms with E-state index in [0.717, 1.165) is 31.4 Å². The molecule has 1 N–H and O–H groups in total. The van der Waals surface area contributed by atoms with Crippen molar-refractivity contribution in [2.45, 2.75) is 44.6 Å². The van der Waals surface area contributed by atoms with Gasteiger partial charge in [0.2, 0.25) is 0 Å². The molecular weight excluding hydrogens is 281 g/mol. The molecule has 1 aromatic rings. The molecule has 1 aliphatic carbocycles. The summed E-state index contributed by atoms with van der Waals surface area (Å²) >= 11 is 11.9. The Balaban J connectivity index is 1.48. The first-order valence-electron chi connectivity index (χ1n) is 7.07. The Morgan fingerprint density at radius 2 is 1.89 bits per heavy atom. The van der Waals surface area contributed by atoms with Gasteiger partial charge in [0, 0.05) is 11.1 Å². The largest absolute Gasteiger partial charge is 0.492 e. The van der Waals surface area contributed by atoms with Gasteiger partial charge < -0.3 is 10.1 Å². The second-order valence-electron chi connectivity index (χ2n) is 5.07. The summed E-state index contributed by atoms with van der Waals surface area (Å²) in [5.41, 5.74) is 0. The summed E-state index contributed by atoms with van der Waals surface area (Å²) < 4.78 is 5.64. The molecule has 2 rings (SSSR count). The van der Waals surface area contributed by atoms with Crippen LogP contribution in [0.4, 0.5) is 0 Å². The van der Waals surface area contributed by atoms with Crippen molar-refractivity contribution < 1.29 is 4.74 Å². The topological polar surface area (TPSA) is 21.3 Å². The lowest BCUT2D eigenvalue weighted by atomic mass is 10.2. The van der Waals surface area contributed by atoms with Crippen LogP contribution in [0, 0.1) is 0 Å². The maximum absolute atomic E-state index is 6.03. The Morgan fingerprint density at radius 3 is 2.63 bits per heavy atom. The summed E-state index contributed by atoms with van der Waals surface area (Å²) in [6, 6.07) is 6.16. The summed E-state index contributed by atoms with van der Waals surface area (Å²) in [5, 5.41) is 4.75. The number of hydrogen-bond donors (Lipinski definition) is 1. The minimum absolute atomic E-state index is 0.584. The SMILES string of the molecule is Clc1ccc(OCCCCCCNC2CC2)c(Cl)c1. The molecule has 1 saturated carbocycles. The Kier molecular flexibility index (Phi) is 6.29. The highest BCUT2D eigenvalue weighted by Gasteiger charge is 2.19. The summed E-state index contributed by atoms with van der Waals surface area (Å²) in [5.74, 6) is 0.724. The van der Waals surface area contributed by atoms with Crippen LogP contribution in [-0.2, 0) is 0 Å². The molecular formula is C15H21Cl2NO. The van der Waals surface area contributed by atoms with E-state index < -0.39 is 0 Å². The average Bonchev–Trinajstić information content (AvgIpc) is 3.19. The molecule has 0 saturated heterocycles. The Hall–Kier alpha value is -0.440. The molecule has 0 bridgehead atoms. The van der Waals surface area contributed by atoms with E-state index in [1.807, 2.05) is 6.07 Å². The van der Waals surface area contributed by atoms with Crippen molar-refractivity contribution in [3.8, 4) is 5.75 Å². The third kappa shape index (κ3) is 6.03. The zero-order valence-electron chi connectivity index (χ0n) is 11.1. The van der Waals surface area contributed by atoms with Crippen molar-refractivity contribution in [2.75, 3.05) is 13.2 Å². The van der Waals surface area contributed by atoms with Gasteiger partial charge in [-0.1, -0.05) is 36.0 Å². The van der Waals surface area contributed by atoms with Gasteiger partial charge in [0.15, 0.2) is 0 Å². The van der Waals surface area contributed by atoms with Crippen LogP contribution in [0.15, 0.2) is 18.2 Å². The Bertz CT molecular complexity index is 394. The van der Waals surface area contributed by atoms with E-state index in [1.165, 1.54) is 32.1 Å². The van der Waals surface area contributed by atoms with Gasteiger partial charge in [-0.2, -0.15) is 0 Å². The number of halogens is 2. The van der Waals surface area contributed by atoms with E-state index in [2.05, 4.69) is 5.32 Å². The molecule has 0 radical (unpaired) electrons. The quantitative estimate of drug-likeness (QED) is 0.668. The van der Waals surface area contributed by atoms with Gasteiger partial charge in [0.05, 0.1) is 11.6 Å². The van der Waals surface area contributed by atoms with Crippen LogP contribution < -0.4 is 10.1 Å². The zero-order valence-corrected chi connectivity index (χ0v) is 12.6. The molecule has 2 nitrogen and oxygen atoms in total. The van der Waals surface area contributed by atoms with Gasteiger partial charge in [0.1, 0.15) is 5.75 Å². The standard InChI is InChI=1S/C15H21Cl2NO/c16-12-5-8-15(14(17)11-12)19-10-4-2-1-3-9-18-13-6-7-13/h5,8,11,13,18H,1-4,6-7,9-10H2. The predicted molar refractivity (Wildman–Crippen MR) is 81.4 cm³/mol. The average molecular weight is 302 g/mol. The number of benzene rings is 1. The van der Waals surface area contributed by atoms with Gasteiger partial charge in [-0.3, -0.25) is 0 Å². The van der Waals surface area contributed by atoms with Crippen molar-refractivity contribution in [3.63, 3.8) is 0 Å². The molecule has 19 heavy (non-hydrogen) atoms. The first kappa shape index (κ1) is 15.0. The van der Waals surface area contributed by atoms with E-state index in [4.69, 9.17) is 27.9 Å². The van der Waals surface area contributed by atoms with E-state index >= 15 is 0 Å². The maximum Gasteiger partial charge on any atom is 0.137 e. The normalized spacial score (nSPS) is 14.6. The molecule has 0 aliphatic heterocycles. The highest BCUT2D eigenvalue weighted by molar-refractivity contribution is 6.35. The molecule has 4 heteroatoms. The second kappa shape index (κ2) is 7.98. The van der Waals surface area contributed by atoms with Crippen LogP contribution in [0.1, 0.15) is 38.5 Å². The van der Waals surface area contributed by atoms with Crippen molar-refractivity contribution in [1.82, 2.24) is 5.32 Å². The fourth-order valence-corrected chi connectivity index (χ4v) is 2.41. The molecule has 0 spiro atoms. The zero-order chi connectivity index (χ0) is 13.5. The predicted octanol–water partition coefficient (Wildman–Crippen LogP) is 4.68. The van der Waals surface area contributed by atoms with Crippen molar-refractivity contribution in [2.24, 2.45) is 0 Å². The Morgan fingerprint density at radius 1 is 1.11 bits per heavy atom. The number of nitrogens with one attached hydrogen (secondary N) is 1. The van der Waals surface area contributed by atoms with Crippen molar-refractivity contribution in [1.29, 1.82) is 0 Å². The van der Waals surface area contributed by atoms with Crippen LogP contribution in [0.3, 0.4) is 0 Å². The van der Waals surface area contributed by atoms with Gasteiger partial charge in [-0.15, -0.1) is 0 Å². The maximum atomic E-state index is 6.03. The van der Waals surface area contributed by atoms with Gasteiger partial charge >= 0.3 is 0 Å². The number of hydrogen-bond acceptors (Lipinski definition) is 2. The fraction of sp³-hybridized carbons (Fsp3) is 0.600.